The van der Waals surface area contributed by atoms with E-state index >= 15 is 0 Å². The van der Waals surface area contributed by atoms with E-state index in [9.17, 15) is 0 Å². The molecule has 1 saturated heterocycles. The van der Waals surface area contributed by atoms with Gasteiger partial charge in [-0.15, -0.1) is 0 Å². The number of aromatic nitrogens is 2. The van der Waals surface area contributed by atoms with E-state index < -0.39 is 0 Å². The fraction of sp³-hybridized carbons (Fsp3) is 0.692. The minimum atomic E-state index is 0.350. The van der Waals surface area contributed by atoms with Crippen molar-refractivity contribution in [3.8, 4) is 0 Å². The Labute approximate surface area is 114 Å². The van der Waals surface area contributed by atoms with Gasteiger partial charge in [0.1, 0.15) is 12.0 Å². The van der Waals surface area contributed by atoms with Crippen LogP contribution in [0.1, 0.15) is 39.5 Å². The number of halogens is 1. The van der Waals surface area contributed by atoms with E-state index in [1.807, 2.05) is 0 Å². The highest BCUT2D eigenvalue weighted by Crippen LogP contribution is 2.39. The Morgan fingerprint density at radius 3 is 2.44 bits per heavy atom. The summed E-state index contributed by atoms with van der Waals surface area (Å²) in [6, 6.07) is 0. The van der Waals surface area contributed by atoms with Gasteiger partial charge in [0.25, 0.3) is 0 Å². The van der Waals surface area contributed by atoms with E-state index in [1.54, 1.807) is 0 Å². The van der Waals surface area contributed by atoms with Crippen LogP contribution in [0.15, 0.2) is 6.33 Å². The molecule has 0 spiro atoms. The number of rotatable bonds is 3. The van der Waals surface area contributed by atoms with Gasteiger partial charge >= 0.3 is 0 Å². The number of piperidine rings is 1. The summed E-state index contributed by atoms with van der Waals surface area (Å²) in [5.74, 6) is 0.788. The van der Waals surface area contributed by atoms with Crippen molar-refractivity contribution >= 4 is 23.1 Å². The van der Waals surface area contributed by atoms with Crippen LogP contribution >= 0.6 is 11.6 Å². The molecule has 0 aromatic carbocycles. The average Bonchev–Trinajstić information content (AvgIpc) is 2.42. The van der Waals surface area contributed by atoms with E-state index in [4.69, 9.17) is 17.3 Å². The Morgan fingerprint density at radius 1 is 1.28 bits per heavy atom. The van der Waals surface area contributed by atoms with Gasteiger partial charge in [0.05, 0.1) is 0 Å². The molecule has 2 rings (SSSR count). The van der Waals surface area contributed by atoms with E-state index in [2.05, 4.69) is 28.7 Å². The number of anilines is 2. The summed E-state index contributed by atoms with van der Waals surface area (Å²) in [5.41, 5.74) is 6.95. The Hall–Kier alpha value is -1.03. The van der Waals surface area contributed by atoms with Crippen molar-refractivity contribution in [2.45, 2.75) is 39.5 Å². The SMILES string of the molecule is CCC1(CC)CCN(c2ncnc(Cl)c2N)CC1. The molecule has 0 atom stereocenters. The van der Waals surface area contributed by atoms with Crippen LogP contribution in [0.3, 0.4) is 0 Å². The normalized spacial score (nSPS) is 18.9. The Morgan fingerprint density at radius 2 is 1.89 bits per heavy atom. The fourth-order valence-electron chi connectivity index (χ4n) is 2.77. The van der Waals surface area contributed by atoms with Crippen LogP contribution in [0.25, 0.3) is 0 Å². The molecule has 1 aliphatic heterocycles. The predicted octanol–water partition coefficient (Wildman–Crippen LogP) is 3.12. The number of nitrogens with zero attached hydrogens (tertiary/aromatic N) is 3. The molecule has 1 aliphatic rings. The van der Waals surface area contributed by atoms with Gasteiger partial charge in [-0.2, -0.15) is 0 Å². The highest BCUT2D eigenvalue weighted by Gasteiger charge is 2.32. The largest absolute Gasteiger partial charge is 0.393 e. The summed E-state index contributed by atoms with van der Waals surface area (Å²) in [5, 5.41) is 0.350. The van der Waals surface area contributed by atoms with Gasteiger partial charge in [0, 0.05) is 13.1 Å². The summed E-state index contributed by atoms with van der Waals surface area (Å²) in [7, 11) is 0. The highest BCUT2D eigenvalue weighted by molar-refractivity contribution is 6.32. The van der Waals surface area contributed by atoms with Gasteiger partial charge in [0.2, 0.25) is 0 Å². The summed E-state index contributed by atoms with van der Waals surface area (Å²) >= 11 is 5.94. The minimum Gasteiger partial charge on any atom is -0.393 e. The molecule has 100 valence electrons. The smallest absolute Gasteiger partial charge is 0.157 e. The van der Waals surface area contributed by atoms with Crippen molar-refractivity contribution in [3.05, 3.63) is 11.5 Å². The lowest BCUT2D eigenvalue weighted by Gasteiger charge is -2.41. The van der Waals surface area contributed by atoms with Crippen molar-refractivity contribution in [1.82, 2.24) is 9.97 Å². The maximum absolute atomic E-state index is 5.95. The van der Waals surface area contributed by atoms with Crippen LogP contribution in [0.5, 0.6) is 0 Å². The molecule has 4 nitrogen and oxygen atoms in total. The van der Waals surface area contributed by atoms with Gasteiger partial charge in [-0.25, -0.2) is 9.97 Å². The fourth-order valence-corrected chi connectivity index (χ4v) is 2.90. The van der Waals surface area contributed by atoms with E-state index in [-0.39, 0.29) is 0 Å². The molecule has 2 heterocycles. The molecule has 0 bridgehead atoms. The van der Waals surface area contributed by atoms with Gasteiger partial charge in [0.15, 0.2) is 11.0 Å². The molecule has 0 unspecified atom stereocenters. The minimum absolute atomic E-state index is 0.350. The predicted molar refractivity (Wildman–Crippen MR) is 75.9 cm³/mol. The van der Waals surface area contributed by atoms with Gasteiger partial charge in [-0.05, 0) is 18.3 Å². The second-order valence-corrected chi connectivity index (χ2v) is 5.45. The van der Waals surface area contributed by atoms with Crippen LogP contribution in [-0.2, 0) is 0 Å². The molecule has 1 aromatic heterocycles. The molecule has 0 amide bonds. The third kappa shape index (κ3) is 2.39. The van der Waals surface area contributed by atoms with Crippen LogP contribution in [0.4, 0.5) is 11.5 Å². The first-order valence-electron chi connectivity index (χ1n) is 6.63. The second-order valence-electron chi connectivity index (χ2n) is 5.10. The van der Waals surface area contributed by atoms with Gasteiger partial charge in [-0.1, -0.05) is 38.3 Å². The lowest BCUT2D eigenvalue weighted by molar-refractivity contribution is 0.199. The monoisotopic (exact) mass is 268 g/mol. The van der Waals surface area contributed by atoms with Gasteiger partial charge in [-0.3, -0.25) is 0 Å². The summed E-state index contributed by atoms with van der Waals surface area (Å²) < 4.78 is 0. The molecule has 0 aliphatic carbocycles. The lowest BCUT2D eigenvalue weighted by atomic mass is 9.74. The lowest BCUT2D eigenvalue weighted by Crippen LogP contribution is -2.40. The molecule has 18 heavy (non-hydrogen) atoms. The van der Waals surface area contributed by atoms with E-state index in [1.165, 1.54) is 32.0 Å². The molecule has 5 heteroatoms. The van der Waals surface area contributed by atoms with Crippen molar-refractivity contribution in [2.75, 3.05) is 23.7 Å². The first kappa shape index (κ1) is 13.4. The zero-order chi connectivity index (χ0) is 13.2. The van der Waals surface area contributed by atoms with Crippen molar-refractivity contribution < 1.29 is 0 Å². The summed E-state index contributed by atoms with van der Waals surface area (Å²) in [6.45, 7) is 6.57. The quantitative estimate of drug-likeness (QED) is 0.856. The van der Waals surface area contributed by atoms with Crippen molar-refractivity contribution in [1.29, 1.82) is 0 Å². The van der Waals surface area contributed by atoms with Crippen molar-refractivity contribution in [2.24, 2.45) is 5.41 Å². The summed E-state index contributed by atoms with van der Waals surface area (Å²) in [6.07, 6.45) is 6.37. The Kier molecular flexibility index (Phi) is 3.95. The number of nitrogen functional groups attached to an aromatic ring is 1. The van der Waals surface area contributed by atoms with Crippen molar-refractivity contribution in [3.63, 3.8) is 0 Å². The molecule has 1 aromatic rings. The third-order valence-electron chi connectivity index (χ3n) is 4.44. The zero-order valence-corrected chi connectivity index (χ0v) is 11.9. The van der Waals surface area contributed by atoms with Crippen LogP contribution < -0.4 is 10.6 Å². The molecular weight excluding hydrogens is 248 g/mol. The summed E-state index contributed by atoms with van der Waals surface area (Å²) in [4.78, 5) is 10.4. The number of nitrogens with two attached hydrogens (primary N) is 1. The van der Waals surface area contributed by atoms with E-state index in [0.29, 0.717) is 16.3 Å². The first-order valence-corrected chi connectivity index (χ1v) is 7.00. The maximum Gasteiger partial charge on any atom is 0.157 e. The van der Waals surface area contributed by atoms with Crippen LogP contribution in [0, 0.1) is 5.41 Å². The molecular formula is C13H21ClN4. The standard InChI is InChI=1S/C13H21ClN4/c1-3-13(4-2)5-7-18(8-6-13)12-10(15)11(14)16-9-17-12/h9H,3-8,15H2,1-2H3. The number of hydrogen-bond acceptors (Lipinski definition) is 4. The Bertz CT molecular complexity index is 407. The maximum atomic E-state index is 5.95. The zero-order valence-electron chi connectivity index (χ0n) is 11.1. The third-order valence-corrected chi connectivity index (χ3v) is 4.74. The van der Waals surface area contributed by atoms with Gasteiger partial charge < -0.3 is 10.6 Å². The highest BCUT2D eigenvalue weighted by atomic mass is 35.5. The van der Waals surface area contributed by atoms with Crippen LogP contribution in [-0.4, -0.2) is 23.1 Å². The topological polar surface area (TPSA) is 55.0 Å². The molecule has 1 fully saturated rings. The first-order chi connectivity index (χ1) is 8.62. The average molecular weight is 269 g/mol. The molecule has 2 N–H and O–H groups in total. The molecule has 0 radical (unpaired) electrons. The van der Waals surface area contributed by atoms with E-state index in [0.717, 1.165) is 18.9 Å². The second kappa shape index (κ2) is 5.31. The molecule has 0 saturated carbocycles. The number of hydrogen-bond donors (Lipinski definition) is 1. The van der Waals surface area contributed by atoms with Crippen LogP contribution in [0.2, 0.25) is 5.15 Å². The Balaban J connectivity index is 2.12.